The third-order valence-corrected chi connectivity index (χ3v) is 5.45. The first-order valence-corrected chi connectivity index (χ1v) is 11.2. The molecule has 1 fully saturated rings. The van der Waals surface area contributed by atoms with Gasteiger partial charge < -0.3 is 14.8 Å². The second-order valence-corrected chi connectivity index (χ2v) is 8.11. The molecule has 1 unspecified atom stereocenters. The molecule has 1 atom stereocenters. The second kappa shape index (κ2) is 12.0. The normalized spacial score (nSPS) is 15.3. The summed E-state index contributed by atoms with van der Waals surface area (Å²) in [6, 6.07) is 15.2. The lowest BCUT2D eigenvalue weighted by atomic mass is 9.97. The van der Waals surface area contributed by atoms with Crippen molar-refractivity contribution in [3.8, 4) is 0 Å². The maximum Gasteiger partial charge on any atom is 0.319 e. The van der Waals surface area contributed by atoms with Crippen molar-refractivity contribution in [3.63, 3.8) is 0 Å². The van der Waals surface area contributed by atoms with E-state index in [9.17, 15) is 9.59 Å². The fraction of sp³-hybridized carbons (Fsp3) is 0.391. The number of amides is 1. The van der Waals surface area contributed by atoms with Gasteiger partial charge in [-0.05, 0) is 36.2 Å². The number of rotatable bonds is 9. The molecule has 0 aliphatic carbocycles. The van der Waals surface area contributed by atoms with Crippen LogP contribution in [-0.2, 0) is 19.1 Å². The van der Waals surface area contributed by atoms with Crippen molar-refractivity contribution in [2.75, 3.05) is 51.3 Å². The number of hydrogen-bond donors (Lipinski definition) is 2. The van der Waals surface area contributed by atoms with Gasteiger partial charge in [0.05, 0.1) is 39.0 Å². The predicted octanol–water partition coefficient (Wildman–Crippen LogP) is 2.96. The van der Waals surface area contributed by atoms with Gasteiger partial charge >= 0.3 is 5.97 Å². The number of esters is 1. The topological polar surface area (TPSA) is 79.9 Å². The predicted molar refractivity (Wildman–Crippen MR) is 123 cm³/mol. The Hall–Kier alpha value is -2.26. The van der Waals surface area contributed by atoms with Crippen molar-refractivity contribution in [2.45, 2.75) is 13.0 Å². The van der Waals surface area contributed by atoms with E-state index in [0.29, 0.717) is 32.1 Å². The van der Waals surface area contributed by atoms with Crippen molar-refractivity contribution >= 4 is 33.5 Å². The molecule has 1 saturated heterocycles. The van der Waals surface area contributed by atoms with Crippen LogP contribution in [0.25, 0.3) is 0 Å². The fourth-order valence-electron chi connectivity index (χ4n) is 3.49. The van der Waals surface area contributed by atoms with Crippen molar-refractivity contribution < 1.29 is 19.1 Å². The lowest BCUT2D eigenvalue weighted by Crippen LogP contribution is -2.41. The minimum absolute atomic E-state index is 0.0566. The smallest absolute Gasteiger partial charge is 0.319 e. The summed E-state index contributed by atoms with van der Waals surface area (Å²) in [5, 5.41) is 6.34. The average molecular weight is 490 g/mol. The number of carbonyl (C=O) groups is 2. The number of nitrogens with zero attached hydrogens (tertiary/aromatic N) is 1. The molecular weight excluding hydrogens is 462 g/mol. The third kappa shape index (κ3) is 7.14. The maximum absolute atomic E-state index is 12.7. The Morgan fingerprint density at radius 1 is 1.16 bits per heavy atom. The molecule has 0 radical (unpaired) electrons. The Labute approximate surface area is 191 Å². The summed E-state index contributed by atoms with van der Waals surface area (Å²) in [5.74, 6) is -0.404. The van der Waals surface area contributed by atoms with Crippen molar-refractivity contribution in [2.24, 2.45) is 0 Å². The Morgan fingerprint density at radius 2 is 1.90 bits per heavy atom. The number of halogens is 1. The molecule has 31 heavy (non-hydrogen) atoms. The Balaban J connectivity index is 1.82. The van der Waals surface area contributed by atoms with E-state index in [1.165, 1.54) is 0 Å². The van der Waals surface area contributed by atoms with E-state index >= 15 is 0 Å². The quantitative estimate of drug-likeness (QED) is 0.527. The SMILES string of the molecule is CCOC(=O)CNC(c1ccccc1)c1cc(Br)ccc1NC(=O)CN1CCOCC1. The van der Waals surface area contributed by atoms with Gasteiger partial charge in [-0.1, -0.05) is 46.3 Å². The van der Waals surface area contributed by atoms with E-state index in [1.807, 2.05) is 48.5 Å². The lowest BCUT2D eigenvalue weighted by Gasteiger charge is -2.27. The highest BCUT2D eigenvalue weighted by Crippen LogP contribution is 2.31. The summed E-state index contributed by atoms with van der Waals surface area (Å²) in [7, 11) is 0. The van der Waals surface area contributed by atoms with Crippen LogP contribution in [0.5, 0.6) is 0 Å². The molecular formula is C23H28BrN3O4. The molecule has 0 bridgehead atoms. The minimum atomic E-state index is -0.323. The summed E-state index contributed by atoms with van der Waals surface area (Å²) in [5.41, 5.74) is 2.54. The van der Waals surface area contributed by atoms with Gasteiger partial charge in [0.2, 0.25) is 5.91 Å². The molecule has 2 aromatic carbocycles. The van der Waals surface area contributed by atoms with Crippen LogP contribution in [-0.4, -0.2) is 62.8 Å². The molecule has 3 rings (SSSR count). The van der Waals surface area contributed by atoms with Gasteiger partial charge in [0.25, 0.3) is 0 Å². The van der Waals surface area contributed by atoms with Crippen LogP contribution in [0.4, 0.5) is 5.69 Å². The number of anilines is 1. The Kier molecular flexibility index (Phi) is 9.02. The van der Waals surface area contributed by atoms with Crippen LogP contribution in [0.3, 0.4) is 0 Å². The highest BCUT2D eigenvalue weighted by atomic mass is 79.9. The highest BCUT2D eigenvalue weighted by molar-refractivity contribution is 9.10. The average Bonchev–Trinajstić information content (AvgIpc) is 2.77. The van der Waals surface area contributed by atoms with E-state index in [1.54, 1.807) is 6.92 Å². The summed E-state index contributed by atoms with van der Waals surface area (Å²) < 4.78 is 11.3. The van der Waals surface area contributed by atoms with Crippen LogP contribution >= 0.6 is 15.9 Å². The van der Waals surface area contributed by atoms with E-state index in [4.69, 9.17) is 9.47 Å². The van der Waals surface area contributed by atoms with Crippen LogP contribution < -0.4 is 10.6 Å². The molecule has 1 aliphatic heterocycles. The van der Waals surface area contributed by atoms with E-state index < -0.39 is 0 Å². The molecule has 8 heteroatoms. The van der Waals surface area contributed by atoms with Gasteiger partial charge in [-0.15, -0.1) is 0 Å². The number of ether oxygens (including phenoxy) is 2. The molecule has 2 aromatic rings. The van der Waals surface area contributed by atoms with Gasteiger partial charge in [-0.3, -0.25) is 19.8 Å². The van der Waals surface area contributed by atoms with Crippen LogP contribution in [0.2, 0.25) is 0 Å². The Morgan fingerprint density at radius 3 is 2.61 bits per heavy atom. The number of benzene rings is 2. The molecule has 7 nitrogen and oxygen atoms in total. The zero-order valence-electron chi connectivity index (χ0n) is 17.6. The first kappa shape index (κ1) is 23.4. The summed E-state index contributed by atoms with van der Waals surface area (Å²) in [4.78, 5) is 26.8. The van der Waals surface area contributed by atoms with E-state index in [0.717, 1.165) is 28.7 Å². The zero-order chi connectivity index (χ0) is 22.1. The third-order valence-electron chi connectivity index (χ3n) is 4.96. The van der Waals surface area contributed by atoms with Crippen molar-refractivity contribution in [3.05, 3.63) is 64.1 Å². The summed E-state index contributed by atoms with van der Waals surface area (Å²) in [6.07, 6.45) is 0. The monoisotopic (exact) mass is 489 g/mol. The summed E-state index contributed by atoms with van der Waals surface area (Å²) in [6.45, 7) is 5.25. The van der Waals surface area contributed by atoms with Crippen molar-refractivity contribution in [1.29, 1.82) is 0 Å². The molecule has 1 heterocycles. The molecule has 0 aromatic heterocycles. The van der Waals surface area contributed by atoms with Gasteiger partial charge in [0.15, 0.2) is 0 Å². The number of carbonyl (C=O) groups excluding carboxylic acids is 2. The fourth-order valence-corrected chi connectivity index (χ4v) is 3.87. The van der Waals surface area contributed by atoms with Crippen LogP contribution in [0.1, 0.15) is 24.1 Å². The zero-order valence-corrected chi connectivity index (χ0v) is 19.2. The second-order valence-electron chi connectivity index (χ2n) is 7.20. The van der Waals surface area contributed by atoms with Crippen LogP contribution in [0.15, 0.2) is 53.0 Å². The first-order chi connectivity index (χ1) is 15.1. The van der Waals surface area contributed by atoms with E-state index in [2.05, 4.69) is 31.5 Å². The first-order valence-electron chi connectivity index (χ1n) is 10.4. The molecule has 0 spiro atoms. The van der Waals surface area contributed by atoms with Gasteiger partial charge in [0, 0.05) is 23.2 Å². The number of morpholine rings is 1. The molecule has 0 saturated carbocycles. The number of hydrogen-bond acceptors (Lipinski definition) is 6. The molecule has 1 amide bonds. The Bertz CT molecular complexity index is 872. The number of nitrogens with one attached hydrogen (secondary N) is 2. The van der Waals surface area contributed by atoms with Crippen molar-refractivity contribution in [1.82, 2.24) is 10.2 Å². The molecule has 2 N–H and O–H groups in total. The van der Waals surface area contributed by atoms with Crippen LogP contribution in [0, 0.1) is 0 Å². The summed E-state index contributed by atoms with van der Waals surface area (Å²) >= 11 is 3.53. The largest absolute Gasteiger partial charge is 0.465 e. The molecule has 1 aliphatic rings. The highest BCUT2D eigenvalue weighted by Gasteiger charge is 2.21. The van der Waals surface area contributed by atoms with Gasteiger partial charge in [-0.25, -0.2) is 0 Å². The lowest BCUT2D eigenvalue weighted by molar-refractivity contribution is -0.142. The molecule has 166 valence electrons. The minimum Gasteiger partial charge on any atom is -0.465 e. The standard InChI is InChI=1S/C23H28BrN3O4/c1-2-31-22(29)15-25-23(17-6-4-3-5-7-17)19-14-18(24)8-9-20(19)26-21(28)16-27-10-12-30-13-11-27/h3-9,14,23,25H,2,10-13,15-16H2,1H3,(H,26,28). The maximum atomic E-state index is 12.7. The van der Waals surface area contributed by atoms with E-state index in [-0.39, 0.29) is 24.5 Å². The van der Waals surface area contributed by atoms with Gasteiger partial charge in [0.1, 0.15) is 0 Å². The van der Waals surface area contributed by atoms with Gasteiger partial charge in [-0.2, -0.15) is 0 Å².